The monoisotopic (exact) mass is 1030 g/mol. The largest absolute Gasteiger partial charge is 1.00 e. The number of hydrogen-bond acceptors (Lipinski definition) is 7. The van der Waals surface area contributed by atoms with Gasteiger partial charge in [-0.3, -0.25) is 4.79 Å². The Morgan fingerprint density at radius 2 is 1.45 bits per heavy atom. The van der Waals surface area contributed by atoms with Crippen LogP contribution in [0.1, 0.15) is 118 Å². The van der Waals surface area contributed by atoms with Crippen molar-refractivity contribution in [3.05, 3.63) is 136 Å². The topological polar surface area (TPSA) is 101 Å². The maximum Gasteiger partial charge on any atom is 0.407 e. The summed E-state index contributed by atoms with van der Waals surface area (Å²) in [5.41, 5.74) is 10.6. The number of carbonyl (C=O) groups excluding carboxylic acids is 2. The van der Waals surface area contributed by atoms with E-state index in [9.17, 15) is 9.59 Å². The number of hydrogen-bond donors (Lipinski definition) is 2. The molecule has 0 radical (unpaired) electrons. The predicted octanol–water partition coefficient (Wildman–Crippen LogP) is 8.17. The third-order valence-electron chi connectivity index (χ3n) is 12.5. The first-order chi connectivity index (χ1) is 31.6. The van der Waals surface area contributed by atoms with E-state index < -0.39 is 11.7 Å². The number of halogens is 1. The Balaban J connectivity index is 0.00000840. The molecule has 0 saturated carbocycles. The number of rotatable bonds is 21. The highest BCUT2D eigenvalue weighted by molar-refractivity contribution is 6.03. The van der Waals surface area contributed by atoms with Crippen LogP contribution in [0.5, 0.6) is 5.75 Å². The first kappa shape index (κ1) is 53.2. The fraction of sp³-hybridized carbons (Fsp3) is 0.482. The van der Waals surface area contributed by atoms with E-state index in [1.54, 1.807) is 0 Å². The molecular formula is C56H75IN4O6. The van der Waals surface area contributed by atoms with Gasteiger partial charge in [0.25, 0.3) is 0 Å². The molecule has 0 unspecified atom stereocenters. The van der Waals surface area contributed by atoms with E-state index in [0.717, 1.165) is 62.3 Å². The van der Waals surface area contributed by atoms with Crippen LogP contribution in [0.2, 0.25) is 0 Å². The van der Waals surface area contributed by atoms with Gasteiger partial charge in [-0.25, -0.2) is 4.79 Å². The molecule has 6 rings (SSSR count). The molecule has 0 aromatic heterocycles. The van der Waals surface area contributed by atoms with Gasteiger partial charge in [0.2, 0.25) is 11.6 Å². The van der Waals surface area contributed by atoms with Gasteiger partial charge >= 0.3 is 6.09 Å². The van der Waals surface area contributed by atoms with Crippen molar-refractivity contribution in [1.82, 2.24) is 10.6 Å². The van der Waals surface area contributed by atoms with Gasteiger partial charge in [-0.05, 0) is 119 Å². The predicted molar refractivity (Wildman–Crippen MR) is 267 cm³/mol. The maximum absolute atomic E-state index is 12.7. The quantitative estimate of drug-likeness (QED) is 0.0632. The number of fused-ring (bicyclic) bond motifs is 2. The van der Waals surface area contributed by atoms with E-state index in [4.69, 9.17) is 18.9 Å². The molecule has 3 aromatic carbocycles. The van der Waals surface area contributed by atoms with E-state index in [2.05, 4.69) is 147 Å². The number of nitrogens with one attached hydrogen (secondary N) is 2. The van der Waals surface area contributed by atoms with Crippen molar-refractivity contribution in [2.24, 2.45) is 0 Å². The lowest BCUT2D eigenvalue weighted by Gasteiger charge is -2.27. The molecular weight excluding hydrogens is 952 g/mol. The van der Waals surface area contributed by atoms with Crippen molar-refractivity contribution in [3.63, 3.8) is 0 Å². The third kappa shape index (κ3) is 13.9. The fourth-order valence-electron chi connectivity index (χ4n) is 9.23. The number of alkyl carbamates (subject to hydrolysis) is 1. The van der Waals surface area contributed by atoms with Crippen molar-refractivity contribution >= 4 is 29.1 Å². The number of nitrogens with zero attached hydrogens (tertiary/aromatic N) is 2. The molecule has 2 amide bonds. The highest BCUT2D eigenvalue weighted by Gasteiger charge is 2.44. The van der Waals surface area contributed by atoms with E-state index >= 15 is 0 Å². The zero-order chi connectivity index (χ0) is 47.3. The highest BCUT2D eigenvalue weighted by atomic mass is 127. The molecule has 3 aromatic rings. The van der Waals surface area contributed by atoms with Crippen molar-refractivity contribution in [3.8, 4) is 5.75 Å². The second kappa shape index (κ2) is 24.5. The molecule has 3 aliphatic rings. The van der Waals surface area contributed by atoms with E-state index in [-0.39, 0.29) is 40.7 Å². The number of ether oxygens (including phenoxy) is 4. The van der Waals surface area contributed by atoms with Crippen LogP contribution < -0.4 is 44.2 Å². The lowest BCUT2D eigenvalue weighted by molar-refractivity contribution is -0.437. The Morgan fingerprint density at radius 1 is 0.776 bits per heavy atom. The Morgan fingerprint density at radius 3 is 2.13 bits per heavy atom. The van der Waals surface area contributed by atoms with Crippen molar-refractivity contribution in [2.45, 2.75) is 124 Å². The van der Waals surface area contributed by atoms with Crippen LogP contribution in [0.15, 0.2) is 120 Å². The Bertz CT molecular complexity index is 2320. The normalized spacial score (nSPS) is 17.5. The van der Waals surface area contributed by atoms with Crippen LogP contribution in [-0.2, 0) is 36.3 Å². The molecule has 0 fully saturated rings. The van der Waals surface area contributed by atoms with Crippen LogP contribution in [0.3, 0.4) is 0 Å². The molecule has 1 aliphatic carbocycles. The summed E-state index contributed by atoms with van der Waals surface area (Å²) in [5.74, 6) is 1.68. The second-order valence-corrected chi connectivity index (χ2v) is 19.5. The summed E-state index contributed by atoms with van der Waals surface area (Å²) < 4.78 is 25.8. The third-order valence-corrected chi connectivity index (χ3v) is 12.5. The number of aryl methyl sites for hydroxylation is 1. The fourth-order valence-corrected chi connectivity index (χ4v) is 9.23. The van der Waals surface area contributed by atoms with Crippen molar-refractivity contribution in [1.29, 1.82) is 0 Å². The molecule has 2 aliphatic heterocycles. The summed E-state index contributed by atoms with van der Waals surface area (Å²) in [7, 11) is 0. The van der Waals surface area contributed by atoms with E-state index in [1.165, 1.54) is 45.1 Å². The zero-order valence-corrected chi connectivity index (χ0v) is 43.7. The smallest absolute Gasteiger partial charge is 0.407 e. The SMILES string of the molecule is CCCN1/C(=C/C=C2\CCCC(/C=C/C3=[N+](CCC)c4ccccc4C3(C)C)=C2Oc2ccc(CCC(=O)NCCOCCOCCNC(=O)OC(C)(C)C)cc2)C(C)(C)c2ccccc21.[I-]. The minimum atomic E-state index is -0.536. The average molecular weight is 1030 g/mol. The summed E-state index contributed by atoms with van der Waals surface area (Å²) in [4.78, 5) is 26.9. The van der Waals surface area contributed by atoms with Crippen LogP contribution in [0.25, 0.3) is 0 Å². The molecule has 0 bridgehead atoms. The van der Waals surface area contributed by atoms with E-state index in [1.807, 2.05) is 32.9 Å². The lowest BCUT2D eigenvalue weighted by atomic mass is 9.81. The van der Waals surface area contributed by atoms with Crippen molar-refractivity contribution in [2.75, 3.05) is 57.5 Å². The van der Waals surface area contributed by atoms with Gasteiger partial charge in [-0.15, -0.1) is 0 Å². The van der Waals surface area contributed by atoms with Crippen molar-refractivity contribution < 1.29 is 57.1 Å². The van der Waals surface area contributed by atoms with Gasteiger partial charge in [-0.1, -0.05) is 82.3 Å². The standard InChI is InChI=1S/C56H74N4O6.HI/c1-10-35-59-47-21-14-12-19-45(47)55(6,7)49(59)30-26-42-17-16-18-43(27-31-50-56(8,9)46-20-13-15-22-48(46)60(50)36-11-2)52(42)65-44-28-23-41(24-29-44)25-32-51(61)57-33-37-63-39-40-64-38-34-58-53(62)66-54(3,4)5;/h12-15,19-24,26-31H,10-11,16-18,25,32-40H2,1-9H3,(H-,57,58,61,62);1H. The summed E-state index contributed by atoms with van der Waals surface area (Å²) in [6.45, 7) is 23.6. The number of para-hydroxylation sites is 2. The molecule has 10 nitrogen and oxygen atoms in total. The molecule has 11 heteroatoms. The van der Waals surface area contributed by atoms with Gasteiger partial charge < -0.3 is 58.5 Å². The summed E-state index contributed by atoms with van der Waals surface area (Å²) in [6, 6.07) is 25.9. The highest BCUT2D eigenvalue weighted by Crippen LogP contribution is 2.48. The second-order valence-electron chi connectivity index (χ2n) is 19.5. The molecule has 0 saturated heterocycles. The van der Waals surface area contributed by atoms with Gasteiger partial charge in [-0.2, -0.15) is 4.58 Å². The van der Waals surface area contributed by atoms with Crippen LogP contribution in [0, 0.1) is 0 Å². The lowest BCUT2D eigenvalue weighted by Crippen LogP contribution is -3.00. The van der Waals surface area contributed by atoms with Gasteiger partial charge in [0, 0.05) is 67.0 Å². The van der Waals surface area contributed by atoms with Gasteiger partial charge in [0.05, 0.1) is 31.8 Å². The summed E-state index contributed by atoms with van der Waals surface area (Å²) in [5, 5.41) is 5.61. The Kier molecular flexibility index (Phi) is 19.5. The number of carbonyl (C=O) groups is 2. The van der Waals surface area contributed by atoms with E-state index in [0.29, 0.717) is 52.4 Å². The molecule has 362 valence electrons. The molecule has 67 heavy (non-hydrogen) atoms. The maximum atomic E-state index is 12.7. The molecule has 0 atom stereocenters. The van der Waals surface area contributed by atoms with Gasteiger partial charge in [0.1, 0.15) is 23.7 Å². The molecule has 0 spiro atoms. The zero-order valence-electron chi connectivity index (χ0n) is 41.6. The number of amides is 2. The minimum Gasteiger partial charge on any atom is -1.00 e. The molecule has 2 N–H and O–H groups in total. The summed E-state index contributed by atoms with van der Waals surface area (Å²) in [6.07, 6.45) is 14.9. The van der Waals surface area contributed by atoms with Gasteiger partial charge in [0.15, 0.2) is 5.71 Å². The number of allylic oxidation sites excluding steroid dienone is 7. The summed E-state index contributed by atoms with van der Waals surface area (Å²) >= 11 is 0. The Labute approximate surface area is 418 Å². The van der Waals surface area contributed by atoms with Crippen LogP contribution in [0.4, 0.5) is 16.2 Å². The first-order valence-corrected chi connectivity index (χ1v) is 24.2. The first-order valence-electron chi connectivity index (χ1n) is 24.2. The minimum absolute atomic E-state index is 0. The van der Waals surface area contributed by atoms with Crippen LogP contribution in [-0.4, -0.2) is 80.5 Å². The Hall–Kier alpha value is -4.72. The average Bonchev–Trinajstić information content (AvgIpc) is 3.63. The number of benzene rings is 3. The number of anilines is 1. The van der Waals surface area contributed by atoms with Crippen LogP contribution >= 0.6 is 0 Å². The molecule has 2 heterocycles.